The van der Waals surface area contributed by atoms with Crippen LogP contribution in [0, 0.1) is 0 Å². The van der Waals surface area contributed by atoms with Crippen molar-refractivity contribution in [1.82, 2.24) is 9.80 Å². The standard InChI is InChI=1S/C20H34N2O10/c1-29-9-5-21(6-10-30-2)17(23)13-15(19(25)26)16(20(27)28)14-18(24)22(7-11-31-3)8-12-32-4/h5-14H2,1-4H3,(H,25,26)(H,27,28)/b16-15+. The molecule has 0 aliphatic carbocycles. The number of methoxy groups -OCH3 is 4. The van der Waals surface area contributed by atoms with Crippen molar-refractivity contribution in [2.45, 2.75) is 12.8 Å². The van der Waals surface area contributed by atoms with Gasteiger partial charge in [0.2, 0.25) is 11.8 Å². The lowest BCUT2D eigenvalue weighted by atomic mass is 10.0. The fourth-order valence-electron chi connectivity index (χ4n) is 2.68. The summed E-state index contributed by atoms with van der Waals surface area (Å²) >= 11 is 0. The van der Waals surface area contributed by atoms with Crippen molar-refractivity contribution >= 4 is 23.8 Å². The van der Waals surface area contributed by atoms with Gasteiger partial charge in [0.1, 0.15) is 0 Å². The van der Waals surface area contributed by atoms with Crippen LogP contribution < -0.4 is 0 Å². The van der Waals surface area contributed by atoms with Crippen LogP contribution in [-0.2, 0) is 38.1 Å². The molecule has 0 bridgehead atoms. The molecule has 0 aliphatic rings. The lowest BCUT2D eigenvalue weighted by molar-refractivity contribution is -0.139. The second-order valence-electron chi connectivity index (χ2n) is 6.65. The number of carbonyl (C=O) groups excluding carboxylic acids is 2. The van der Waals surface area contributed by atoms with Crippen molar-refractivity contribution in [1.29, 1.82) is 0 Å². The van der Waals surface area contributed by atoms with Gasteiger partial charge in [-0.1, -0.05) is 0 Å². The molecule has 32 heavy (non-hydrogen) atoms. The fraction of sp³-hybridized carbons (Fsp3) is 0.700. The summed E-state index contributed by atoms with van der Waals surface area (Å²) in [6.45, 7) is 1.53. The Hall–Kier alpha value is -2.54. The Morgan fingerprint density at radius 2 is 0.812 bits per heavy atom. The van der Waals surface area contributed by atoms with Crippen LogP contribution in [0.2, 0.25) is 0 Å². The van der Waals surface area contributed by atoms with Crippen LogP contribution >= 0.6 is 0 Å². The first-order chi connectivity index (χ1) is 15.2. The molecule has 0 atom stereocenters. The Balaban J connectivity index is 5.76. The quantitative estimate of drug-likeness (QED) is 0.254. The molecule has 0 aromatic rings. The average Bonchev–Trinajstić information content (AvgIpc) is 2.75. The van der Waals surface area contributed by atoms with Crippen LogP contribution in [0.3, 0.4) is 0 Å². The Bertz CT molecular complexity index is 580. The van der Waals surface area contributed by atoms with Gasteiger partial charge in [0, 0.05) is 54.6 Å². The van der Waals surface area contributed by atoms with Crippen LogP contribution in [0.15, 0.2) is 11.1 Å². The number of nitrogens with zero attached hydrogens (tertiary/aromatic N) is 2. The van der Waals surface area contributed by atoms with Gasteiger partial charge in [-0.3, -0.25) is 9.59 Å². The van der Waals surface area contributed by atoms with E-state index in [9.17, 15) is 29.4 Å². The van der Waals surface area contributed by atoms with E-state index < -0.39 is 47.7 Å². The van der Waals surface area contributed by atoms with E-state index in [0.717, 1.165) is 0 Å². The molecule has 2 N–H and O–H groups in total. The molecule has 0 heterocycles. The minimum absolute atomic E-state index is 0.175. The molecule has 12 heteroatoms. The summed E-state index contributed by atoms with van der Waals surface area (Å²) < 4.78 is 19.8. The third kappa shape index (κ3) is 11.2. The zero-order valence-corrected chi connectivity index (χ0v) is 19.1. The summed E-state index contributed by atoms with van der Waals surface area (Å²) in [6.07, 6.45) is -1.37. The highest BCUT2D eigenvalue weighted by molar-refractivity contribution is 6.05. The molecule has 0 radical (unpaired) electrons. The van der Waals surface area contributed by atoms with E-state index in [-0.39, 0.29) is 52.6 Å². The van der Waals surface area contributed by atoms with Gasteiger partial charge in [-0.15, -0.1) is 0 Å². The highest BCUT2D eigenvalue weighted by Gasteiger charge is 2.28. The number of carboxylic acid groups (broad SMARTS) is 2. The molecule has 2 amide bonds. The normalized spacial score (nSPS) is 11.6. The van der Waals surface area contributed by atoms with Crippen molar-refractivity contribution in [3.05, 3.63) is 11.1 Å². The maximum atomic E-state index is 12.7. The largest absolute Gasteiger partial charge is 0.478 e. The van der Waals surface area contributed by atoms with Gasteiger partial charge < -0.3 is 39.0 Å². The molecule has 0 rings (SSSR count). The van der Waals surface area contributed by atoms with Crippen LogP contribution in [0.4, 0.5) is 0 Å². The topological polar surface area (TPSA) is 152 Å². The Morgan fingerprint density at radius 1 is 0.562 bits per heavy atom. The number of aliphatic carboxylic acids is 2. The van der Waals surface area contributed by atoms with Gasteiger partial charge in [0.05, 0.1) is 50.4 Å². The fourth-order valence-corrected chi connectivity index (χ4v) is 2.68. The molecule has 184 valence electrons. The van der Waals surface area contributed by atoms with Crippen molar-refractivity contribution in [3.8, 4) is 0 Å². The second kappa shape index (κ2) is 17.1. The number of hydrogen-bond donors (Lipinski definition) is 2. The summed E-state index contributed by atoms with van der Waals surface area (Å²) in [5.41, 5.74) is -1.29. The minimum Gasteiger partial charge on any atom is -0.478 e. The van der Waals surface area contributed by atoms with Crippen molar-refractivity contribution in [3.63, 3.8) is 0 Å². The summed E-state index contributed by atoms with van der Waals surface area (Å²) in [4.78, 5) is 51.7. The second-order valence-corrected chi connectivity index (χ2v) is 6.65. The number of hydrogen-bond acceptors (Lipinski definition) is 8. The van der Waals surface area contributed by atoms with E-state index in [1.807, 2.05) is 0 Å². The number of rotatable bonds is 18. The average molecular weight is 462 g/mol. The van der Waals surface area contributed by atoms with E-state index in [1.165, 1.54) is 38.2 Å². The number of amides is 2. The first kappa shape index (κ1) is 29.5. The summed E-state index contributed by atoms with van der Waals surface area (Å²) in [5, 5.41) is 19.2. The molecule has 0 saturated heterocycles. The molecular weight excluding hydrogens is 428 g/mol. The van der Waals surface area contributed by atoms with Gasteiger partial charge in [0.15, 0.2) is 0 Å². The summed E-state index contributed by atoms with van der Waals surface area (Å²) in [6, 6.07) is 0. The molecule has 12 nitrogen and oxygen atoms in total. The highest BCUT2D eigenvalue weighted by atomic mass is 16.5. The third-order valence-electron chi connectivity index (χ3n) is 4.50. The molecule has 0 aliphatic heterocycles. The molecule has 0 spiro atoms. The van der Waals surface area contributed by atoms with Crippen molar-refractivity contribution in [2.75, 3.05) is 81.0 Å². The van der Waals surface area contributed by atoms with Crippen LogP contribution in [0.1, 0.15) is 12.8 Å². The van der Waals surface area contributed by atoms with Crippen molar-refractivity contribution in [2.24, 2.45) is 0 Å². The highest BCUT2D eigenvalue weighted by Crippen LogP contribution is 2.17. The molecule has 0 saturated carbocycles. The zero-order chi connectivity index (χ0) is 24.5. The van der Waals surface area contributed by atoms with Gasteiger partial charge >= 0.3 is 11.9 Å². The Labute approximate surface area is 187 Å². The van der Waals surface area contributed by atoms with Gasteiger partial charge in [-0.05, 0) is 0 Å². The monoisotopic (exact) mass is 462 g/mol. The maximum Gasteiger partial charge on any atom is 0.332 e. The maximum absolute atomic E-state index is 12.7. The van der Waals surface area contributed by atoms with E-state index >= 15 is 0 Å². The van der Waals surface area contributed by atoms with E-state index in [4.69, 9.17) is 18.9 Å². The van der Waals surface area contributed by atoms with E-state index in [0.29, 0.717) is 0 Å². The molecule has 0 aromatic heterocycles. The van der Waals surface area contributed by atoms with Gasteiger partial charge in [-0.2, -0.15) is 0 Å². The first-order valence-electron chi connectivity index (χ1n) is 9.93. The Kier molecular flexibility index (Phi) is 15.7. The van der Waals surface area contributed by atoms with E-state index in [1.54, 1.807) is 0 Å². The molecule has 0 aromatic carbocycles. The summed E-state index contributed by atoms with van der Waals surface area (Å²) in [7, 11) is 5.81. The third-order valence-corrected chi connectivity index (χ3v) is 4.50. The number of carbonyl (C=O) groups is 4. The molecule has 0 fully saturated rings. The lowest BCUT2D eigenvalue weighted by Crippen LogP contribution is -2.38. The predicted octanol–water partition coefficient (Wildman–Crippen LogP) is -0.525. The SMILES string of the molecule is COCCN(CCOC)C(=O)C/C(C(=O)O)=C(/CC(=O)N(CCOC)CCOC)C(=O)O. The predicted molar refractivity (Wildman–Crippen MR) is 112 cm³/mol. The number of carboxylic acids is 2. The van der Waals surface area contributed by atoms with Gasteiger partial charge in [-0.25, -0.2) is 9.59 Å². The lowest BCUT2D eigenvalue weighted by Gasteiger charge is -2.24. The zero-order valence-electron chi connectivity index (χ0n) is 19.1. The summed E-state index contributed by atoms with van der Waals surface area (Å²) in [5.74, 6) is -4.39. The first-order valence-corrected chi connectivity index (χ1v) is 9.93. The van der Waals surface area contributed by atoms with Crippen molar-refractivity contribution < 1.29 is 48.3 Å². The van der Waals surface area contributed by atoms with Crippen LogP contribution in [0.25, 0.3) is 0 Å². The van der Waals surface area contributed by atoms with Crippen LogP contribution in [0.5, 0.6) is 0 Å². The number of ether oxygens (including phenoxy) is 4. The van der Waals surface area contributed by atoms with E-state index in [2.05, 4.69) is 0 Å². The van der Waals surface area contributed by atoms with Gasteiger partial charge in [0.25, 0.3) is 0 Å². The minimum atomic E-state index is -1.58. The smallest absolute Gasteiger partial charge is 0.332 e. The van der Waals surface area contributed by atoms with Crippen LogP contribution in [-0.4, -0.2) is 125 Å². The molecular formula is C20H34N2O10. The molecule has 0 unspecified atom stereocenters. The Morgan fingerprint density at radius 3 is 1.00 bits per heavy atom.